The molecule has 21 heavy (non-hydrogen) atoms. The first kappa shape index (κ1) is 13.4. The number of aromatic amines is 1. The Morgan fingerprint density at radius 2 is 2.29 bits per heavy atom. The summed E-state index contributed by atoms with van der Waals surface area (Å²) in [5, 5.41) is 20.5. The molecule has 0 unspecified atom stereocenters. The normalized spacial score (nSPS) is 14.0. The molecule has 1 aromatic heterocycles. The number of phenolic OH excluding ortho intramolecular Hbond substituents is 1. The van der Waals surface area contributed by atoms with Gasteiger partial charge < -0.3 is 5.11 Å². The van der Waals surface area contributed by atoms with Crippen molar-refractivity contribution in [2.75, 3.05) is 0 Å². The molecule has 0 atom stereocenters. The third kappa shape index (κ3) is 2.65. The molecule has 6 nitrogen and oxygen atoms in total. The van der Waals surface area contributed by atoms with Gasteiger partial charge in [-0.25, -0.2) is 5.43 Å². The molecule has 0 bridgehead atoms. The summed E-state index contributed by atoms with van der Waals surface area (Å²) in [4.78, 5) is 12.1. The molecule has 6 heteroatoms. The van der Waals surface area contributed by atoms with Crippen molar-refractivity contribution in [1.29, 1.82) is 0 Å². The van der Waals surface area contributed by atoms with Gasteiger partial charge in [0.1, 0.15) is 5.75 Å². The van der Waals surface area contributed by atoms with Crippen LogP contribution in [-0.4, -0.2) is 26.9 Å². The molecule has 0 radical (unpaired) electrons. The molecular weight excluding hydrogens is 268 g/mol. The lowest BCUT2D eigenvalue weighted by Gasteiger charge is -2.03. The minimum atomic E-state index is -0.311. The highest BCUT2D eigenvalue weighted by atomic mass is 16.3. The van der Waals surface area contributed by atoms with E-state index in [9.17, 15) is 9.90 Å². The van der Waals surface area contributed by atoms with Gasteiger partial charge in [-0.15, -0.1) is 0 Å². The van der Waals surface area contributed by atoms with Gasteiger partial charge in [0.15, 0.2) is 5.69 Å². The number of phenols is 1. The largest absolute Gasteiger partial charge is 0.508 e. The zero-order valence-electron chi connectivity index (χ0n) is 11.7. The van der Waals surface area contributed by atoms with Crippen LogP contribution in [0.5, 0.6) is 5.75 Å². The highest BCUT2D eigenvalue weighted by Crippen LogP contribution is 2.22. The topological polar surface area (TPSA) is 90.4 Å². The summed E-state index contributed by atoms with van der Waals surface area (Å²) < 4.78 is 0. The molecule has 0 spiro atoms. The Hall–Kier alpha value is -2.63. The molecule has 0 saturated carbocycles. The second-order valence-corrected chi connectivity index (χ2v) is 5.07. The molecule has 3 rings (SSSR count). The summed E-state index contributed by atoms with van der Waals surface area (Å²) in [6.45, 7) is 1.77. The molecule has 1 heterocycles. The van der Waals surface area contributed by atoms with E-state index < -0.39 is 0 Å². The first-order chi connectivity index (χ1) is 10.1. The molecule has 0 saturated heterocycles. The van der Waals surface area contributed by atoms with Gasteiger partial charge in [-0.1, -0.05) is 12.1 Å². The second-order valence-electron chi connectivity index (χ2n) is 5.07. The fourth-order valence-electron chi connectivity index (χ4n) is 2.49. The number of rotatable bonds is 3. The minimum Gasteiger partial charge on any atom is -0.508 e. The number of hydrazone groups is 1. The third-order valence-corrected chi connectivity index (χ3v) is 3.61. The molecular formula is C15H16N4O2. The van der Waals surface area contributed by atoms with Crippen LogP contribution in [0.4, 0.5) is 0 Å². The number of amides is 1. The molecule has 2 aromatic rings. The quantitative estimate of drug-likeness (QED) is 0.592. The zero-order chi connectivity index (χ0) is 14.8. The Kier molecular flexibility index (Phi) is 3.43. The van der Waals surface area contributed by atoms with Gasteiger partial charge in [-0.3, -0.25) is 9.89 Å². The molecule has 0 fully saturated rings. The van der Waals surface area contributed by atoms with Crippen LogP contribution >= 0.6 is 0 Å². The van der Waals surface area contributed by atoms with Gasteiger partial charge >= 0.3 is 0 Å². The van der Waals surface area contributed by atoms with Crippen LogP contribution in [-0.2, 0) is 12.8 Å². The summed E-state index contributed by atoms with van der Waals surface area (Å²) in [6, 6.07) is 6.72. The number of benzene rings is 1. The predicted molar refractivity (Wildman–Crippen MR) is 78.4 cm³/mol. The monoisotopic (exact) mass is 284 g/mol. The molecule has 1 aliphatic rings. The van der Waals surface area contributed by atoms with Crippen molar-refractivity contribution >= 4 is 11.6 Å². The van der Waals surface area contributed by atoms with Gasteiger partial charge in [0.05, 0.1) is 5.71 Å². The van der Waals surface area contributed by atoms with Crippen LogP contribution in [0.15, 0.2) is 29.4 Å². The van der Waals surface area contributed by atoms with Crippen molar-refractivity contribution in [1.82, 2.24) is 15.6 Å². The number of hydrogen-bond acceptors (Lipinski definition) is 4. The Labute approximate surface area is 121 Å². The van der Waals surface area contributed by atoms with Crippen LogP contribution < -0.4 is 5.43 Å². The minimum absolute atomic E-state index is 0.165. The lowest BCUT2D eigenvalue weighted by molar-refractivity contribution is 0.0949. The summed E-state index contributed by atoms with van der Waals surface area (Å²) in [6.07, 6.45) is 2.88. The first-order valence-electron chi connectivity index (χ1n) is 6.85. The molecule has 108 valence electrons. The van der Waals surface area contributed by atoms with Crippen LogP contribution in [0.1, 0.15) is 40.7 Å². The standard InChI is InChI=1S/C15H16N4O2/c1-9(10-4-2-5-11(20)8-10)16-19-15(21)14-12-6-3-7-13(12)17-18-14/h2,4-5,8,20H,3,6-7H2,1H3,(H,17,18)(H,19,21). The summed E-state index contributed by atoms with van der Waals surface area (Å²) in [5.74, 6) is -0.146. The SMILES string of the molecule is CC(=NNC(=O)c1n[nH]c2c1CCC2)c1cccc(O)c1. The number of aromatic hydroxyl groups is 1. The fraction of sp³-hybridized carbons (Fsp3) is 0.267. The highest BCUT2D eigenvalue weighted by Gasteiger charge is 2.22. The second kappa shape index (κ2) is 5.40. The van der Waals surface area contributed by atoms with E-state index in [1.165, 1.54) is 0 Å². The zero-order valence-corrected chi connectivity index (χ0v) is 11.7. The Bertz CT molecular complexity index is 718. The van der Waals surface area contributed by atoms with E-state index in [2.05, 4.69) is 20.7 Å². The van der Waals surface area contributed by atoms with E-state index >= 15 is 0 Å². The van der Waals surface area contributed by atoms with Crippen molar-refractivity contribution in [2.24, 2.45) is 5.10 Å². The van der Waals surface area contributed by atoms with Crippen LogP contribution in [0.2, 0.25) is 0 Å². The van der Waals surface area contributed by atoms with Crippen molar-refractivity contribution in [2.45, 2.75) is 26.2 Å². The van der Waals surface area contributed by atoms with Crippen molar-refractivity contribution < 1.29 is 9.90 Å². The van der Waals surface area contributed by atoms with Crippen LogP contribution in [0.25, 0.3) is 0 Å². The molecule has 1 aromatic carbocycles. The van der Waals surface area contributed by atoms with E-state index in [-0.39, 0.29) is 11.7 Å². The lowest BCUT2D eigenvalue weighted by Crippen LogP contribution is -2.21. The smallest absolute Gasteiger partial charge is 0.292 e. The van der Waals surface area contributed by atoms with Crippen molar-refractivity contribution in [3.8, 4) is 5.75 Å². The van der Waals surface area contributed by atoms with E-state index in [0.717, 1.165) is 36.1 Å². The summed E-state index contributed by atoms with van der Waals surface area (Å²) in [5.41, 5.74) is 6.36. The summed E-state index contributed by atoms with van der Waals surface area (Å²) in [7, 11) is 0. The maximum atomic E-state index is 12.1. The lowest BCUT2D eigenvalue weighted by atomic mass is 10.1. The van der Waals surface area contributed by atoms with Crippen molar-refractivity contribution in [3.63, 3.8) is 0 Å². The van der Waals surface area contributed by atoms with E-state index in [4.69, 9.17) is 0 Å². The number of carbonyl (C=O) groups excluding carboxylic acids is 1. The number of aromatic nitrogens is 2. The highest BCUT2D eigenvalue weighted by molar-refractivity contribution is 6.01. The Morgan fingerprint density at radius 1 is 1.43 bits per heavy atom. The number of nitrogens with zero attached hydrogens (tertiary/aromatic N) is 2. The molecule has 0 aliphatic heterocycles. The van der Waals surface area contributed by atoms with E-state index in [0.29, 0.717) is 11.4 Å². The van der Waals surface area contributed by atoms with E-state index in [1.54, 1.807) is 25.1 Å². The van der Waals surface area contributed by atoms with Gasteiger partial charge in [0.25, 0.3) is 5.91 Å². The number of fused-ring (bicyclic) bond motifs is 1. The maximum Gasteiger partial charge on any atom is 0.292 e. The first-order valence-corrected chi connectivity index (χ1v) is 6.85. The Balaban J connectivity index is 1.74. The van der Waals surface area contributed by atoms with Crippen molar-refractivity contribution in [3.05, 3.63) is 46.8 Å². The number of aryl methyl sites for hydroxylation is 1. The van der Waals surface area contributed by atoms with Gasteiger partial charge in [-0.2, -0.15) is 10.2 Å². The molecule has 1 aliphatic carbocycles. The number of H-pyrrole nitrogens is 1. The molecule has 1 amide bonds. The van der Waals surface area contributed by atoms with Crippen LogP contribution in [0, 0.1) is 0 Å². The van der Waals surface area contributed by atoms with Crippen LogP contribution in [0.3, 0.4) is 0 Å². The summed E-state index contributed by atoms with van der Waals surface area (Å²) >= 11 is 0. The Morgan fingerprint density at radius 3 is 3.10 bits per heavy atom. The fourth-order valence-corrected chi connectivity index (χ4v) is 2.49. The van der Waals surface area contributed by atoms with Gasteiger partial charge in [0.2, 0.25) is 0 Å². The third-order valence-electron chi connectivity index (χ3n) is 3.61. The number of carbonyl (C=O) groups is 1. The molecule has 3 N–H and O–H groups in total. The van der Waals surface area contributed by atoms with E-state index in [1.807, 2.05) is 6.07 Å². The average Bonchev–Trinajstić information content (AvgIpc) is 3.07. The number of nitrogens with one attached hydrogen (secondary N) is 2. The maximum absolute atomic E-state index is 12.1. The average molecular weight is 284 g/mol. The predicted octanol–water partition coefficient (Wildman–Crippen LogP) is 1.76. The van der Waals surface area contributed by atoms with Gasteiger partial charge in [-0.05, 0) is 38.3 Å². The van der Waals surface area contributed by atoms with Gasteiger partial charge in [0, 0.05) is 16.8 Å². The number of hydrogen-bond donors (Lipinski definition) is 3.